The molecule has 0 heterocycles. The minimum Gasteiger partial charge on any atom is -1.00 e. The van der Waals surface area contributed by atoms with Crippen molar-refractivity contribution < 1.29 is 89.8 Å². The van der Waals surface area contributed by atoms with Gasteiger partial charge < -0.3 is 38.4 Å². The fourth-order valence-corrected chi connectivity index (χ4v) is 2.64. The summed E-state index contributed by atoms with van der Waals surface area (Å²) in [7, 11) is 0. The van der Waals surface area contributed by atoms with Crippen LogP contribution in [0.1, 0.15) is 79.1 Å². The number of hydrogen-bond acceptors (Lipinski definition) is 0. The normalized spacial score (nSPS) is 10.2. The average molecular weight is 441 g/mol. The van der Waals surface area contributed by atoms with Crippen LogP contribution in [0.5, 0.6) is 0 Å². The van der Waals surface area contributed by atoms with Gasteiger partial charge in [0.1, 0.15) is 0 Å². The molecule has 0 N–H and O–H groups in total. The third-order valence-corrected chi connectivity index (χ3v) is 3.94. The summed E-state index contributed by atoms with van der Waals surface area (Å²) in [5.41, 5.74) is 0. The maximum Gasteiger partial charge on any atom is 1.00 e. The Labute approximate surface area is 192 Å². The van der Waals surface area contributed by atoms with E-state index in [1.807, 2.05) is 0 Å². The zero-order valence-electron chi connectivity index (χ0n) is 14.7. The number of unbranched alkanes of at least 4 members (excludes halogenated alkanes) is 4. The molecule has 4 heteroatoms. The van der Waals surface area contributed by atoms with Crippen LogP contribution in [0.2, 0.25) is 0 Å². The van der Waals surface area contributed by atoms with E-state index in [0.29, 0.717) is 0 Å². The van der Waals surface area contributed by atoms with Gasteiger partial charge >= 0.3 is 51.4 Å². The summed E-state index contributed by atoms with van der Waals surface area (Å²) in [6.07, 6.45) is 11.1. The molecule has 0 aliphatic rings. The quantitative estimate of drug-likeness (QED) is 0.214. The van der Waals surface area contributed by atoms with Gasteiger partial charge in [-0.05, 0) is 25.7 Å². The Bertz CT molecular complexity index is 131. The van der Waals surface area contributed by atoms with Crippen molar-refractivity contribution in [3.05, 3.63) is 0 Å². The zero-order valence-corrected chi connectivity index (χ0v) is 21.0. The van der Waals surface area contributed by atoms with E-state index in [4.69, 9.17) is 0 Å². The molecular formula is C16H36Br2KN. The average Bonchev–Trinajstić information content (AvgIpc) is 2.37. The molecule has 0 aromatic heterocycles. The summed E-state index contributed by atoms with van der Waals surface area (Å²) in [6.45, 7) is 15.0. The van der Waals surface area contributed by atoms with E-state index in [1.165, 1.54) is 82.0 Å². The molecule has 1 nitrogen and oxygen atoms in total. The van der Waals surface area contributed by atoms with E-state index in [1.54, 1.807) is 0 Å². The molecule has 20 heavy (non-hydrogen) atoms. The first-order valence-electron chi connectivity index (χ1n) is 8.09. The van der Waals surface area contributed by atoms with Gasteiger partial charge in [0, 0.05) is 0 Å². The number of nitrogens with zero attached hydrogens (tertiary/aromatic N) is 1. The Morgan fingerprint density at radius 2 is 0.700 bits per heavy atom. The predicted molar refractivity (Wildman–Crippen MR) is 79.4 cm³/mol. The van der Waals surface area contributed by atoms with Gasteiger partial charge in [-0.2, -0.15) is 0 Å². The summed E-state index contributed by atoms with van der Waals surface area (Å²) >= 11 is 0. The third kappa shape index (κ3) is 15.5. The second kappa shape index (κ2) is 21.6. The van der Waals surface area contributed by atoms with Crippen molar-refractivity contribution in [2.24, 2.45) is 0 Å². The van der Waals surface area contributed by atoms with Gasteiger partial charge in [-0.25, -0.2) is 0 Å². The van der Waals surface area contributed by atoms with Crippen molar-refractivity contribution >= 4 is 0 Å². The molecule has 0 spiro atoms. The van der Waals surface area contributed by atoms with Crippen LogP contribution < -0.4 is 85.3 Å². The Morgan fingerprint density at radius 3 is 0.850 bits per heavy atom. The first-order valence-corrected chi connectivity index (χ1v) is 8.09. The number of quaternary nitrogens is 1. The fourth-order valence-electron chi connectivity index (χ4n) is 2.64. The maximum atomic E-state index is 2.33. The van der Waals surface area contributed by atoms with Gasteiger partial charge in [0.15, 0.2) is 0 Å². The van der Waals surface area contributed by atoms with Crippen LogP contribution in [0.4, 0.5) is 0 Å². The topological polar surface area (TPSA) is 0 Å². The van der Waals surface area contributed by atoms with Crippen molar-refractivity contribution in [2.45, 2.75) is 79.1 Å². The summed E-state index contributed by atoms with van der Waals surface area (Å²) in [5, 5.41) is 0. The van der Waals surface area contributed by atoms with E-state index in [9.17, 15) is 0 Å². The van der Waals surface area contributed by atoms with Crippen molar-refractivity contribution in [3.8, 4) is 0 Å². The van der Waals surface area contributed by atoms with Crippen LogP contribution in [0.15, 0.2) is 0 Å². The number of hydrogen-bond donors (Lipinski definition) is 0. The Balaban J connectivity index is -0.000000427. The molecule has 0 saturated carbocycles. The summed E-state index contributed by atoms with van der Waals surface area (Å²) in [5.74, 6) is 0. The van der Waals surface area contributed by atoms with Crippen LogP contribution in [-0.4, -0.2) is 30.7 Å². The minimum absolute atomic E-state index is 0. The second-order valence-electron chi connectivity index (χ2n) is 5.65. The van der Waals surface area contributed by atoms with Gasteiger partial charge in [-0.3, -0.25) is 0 Å². The molecule has 0 atom stereocenters. The third-order valence-electron chi connectivity index (χ3n) is 3.94. The monoisotopic (exact) mass is 439 g/mol. The van der Waals surface area contributed by atoms with Gasteiger partial charge in [0.25, 0.3) is 0 Å². The molecule has 0 aliphatic carbocycles. The Kier molecular flexibility index (Phi) is 32.8. The molecule has 0 radical (unpaired) electrons. The Morgan fingerprint density at radius 1 is 0.500 bits per heavy atom. The molecule has 0 aromatic rings. The van der Waals surface area contributed by atoms with Crippen molar-refractivity contribution in [1.29, 1.82) is 0 Å². The first-order chi connectivity index (χ1) is 8.24. The maximum absolute atomic E-state index is 2.33. The zero-order chi connectivity index (χ0) is 13.0. The van der Waals surface area contributed by atoms with E-state index in [2.05, 4.69) is 27.7 Å². The minimum atomic E-state index is 0. The van der Waals surface area contributed by atoms with Crippen molar-refractivity contribution in [1.82, 2.24) is 0 Å². The predicted octanol–water partition coefficient (Wildman–Crippen LogP) is -3.98. The number of rotatable bonds is 12. The molecule has 0 fully saturated rings. The second-order valence-corrected chi connectivity index (χ2v) is 5.65. The molecule has 0 aromatic carbocycles. The van der Waals surface area contributed by atoms with Crippen LogP contribution >= 0.6 is 0 Å². The smallest absolute Gasteiger partial charge is 1.00 e. The first kappa shape index (κ1) is 30.4. The molecule has 0 amide bonds. The van der Waals surface area contributed by atoms with Gasteiger partial charge in [-0.1, -0.05) is 53.4 Å². The SMILES string of the molecule is CCCC[N+](CCCC)(CCCC)CCCC.[Br-].[Br-].[K+]. The van der Waals surface area contributed by atoms with Crippen LogP contribution in [0.3, 0.4) is 0 Å². The van der Waals surface area contributed by atoms with E-state index >= 15 is 0 Å². The summed E-state index contributed by atoms with van der Waals surface area (Å²) < 4.78 is 1.42. The molecular weight excluding hydrogens is 405 g/mol. The van der Waals surface area contributed by atoms with E-state index < -0.39 is 0 Å². The number of halogens is 2. The molecule has 0 unspecified atom stereocenters. The molecule has 0 rings (SSSR count). The van der Waals surface area contributed by atoms with Crippen molar-refractivity contribution in [3.63, 3.8) is 0 Å². The molecule has 0 bridgehead atoms. The standard InChI is InChI=1S/C16H36N.2BrH.K/c1-5-9-13-17(14-10-6-2,15-11-7-3)16-12-8-4;;;/h5-16H2,1-4H3;2*1H;/q+1;;;+1/p-2. The molecule has 0 saturated heterocycles. The van der Waals surface area contributed by atoms with Crippen LogP contribution in [0, 0.1) is 0 Å². The fraction of sp³-hybridized carbons (Fsp3) is 1.00. The van der Waals surface area contributed by atoms with E-state index in [0.717, 1.165) is 0 Å². The van der Waals surface area contributed by atoms with Gasteiger partial charge in [-0.15, -0.1) is 0 Å². The van der Waals surface area contributed by atoms with Crippen molar-refractivity contribution in [2.75, 3.05) is 26.2 Å². The summed E-state index contributed by atoms with van der Waals surface area (Å²) in [4.78, 5) is 0. The largest absolute Gasteiger partial charge is 1.00 e. The van der Waals surface area contributed by atoms with Gasteiger partial charge in [0.2, 0.25) is 0 Å². The van der Waals surface area contributed by atoms with Crippen LogP contribution in [-0.2, 0) is 0 Å². The molecule has 0 aliphatic heterocycles. The molecule has 120 valence electrons. The van der Waals surface area contributed by atoms with Gasteiger partial charge in [0.05, 0.1) is 26.2 Å². The van der Waals surface area contributed by atoms with Crippen LogP contribution in [0.25, 0.3) is 0 Å². The summed E-state index contributed by atoms with van der Waals surface area (Å²) in [6, 6.07) is 0. The van der Waals surface area contributed by atoms with E-state index in [-0.39, 0.29) is 85.3 Å². The Hall–Kier alpha value is 2.56.